The molecule has 2 rings (SSSR count). The maximum absolute atomic E-state index is 13.0. The molecule has 0 aromatic heterocycles. The van der Waals surface area contributed by atoms with E-state index in [1.54, 1.807) is 6.92 Å². The number of ketones is 1. The number of carbonyl (C=O) groups excluding carboxylic acids is 1. The molecule has 0 N–H and O–H groups in total. The first kappa shape index (κ1) is 18.0. The Morgan fingerprint density at radius 1 is 1.39 bits per heavy atom. The topological polar surface area (TPSA) is 63.7 Å². The van der Waals surface area contributed by atoms with Crippen LogP contribution in [0.15, 0.2) is 24.3 Å². The minimum atomic E-state index is -3.45. The van der Waals surface area contributed by atoms with E-state index >= 15 is 0 Å². The molecule has 128 valence electrons. The number of rotatable bonds is 6. The summed E-state index contributed by atoms with van der Waals surface area (Å²) in [7, 11) is -1.98. The predicted molar refractivity (Wildman–Crippen MR) is 85.3 cm³/mol. The average molecular weight is 343 g/mol. The van der Waals surface area contributed by atoms with E-state index in [0.29, 0.717) is 24.9 Å². The number of ether oxygens (including phenoxy) is 1. The third-order valence-electron chi connectivity index (χ3n) is 4.12. The summed E-state index contributed by atoms with van der Waals surface area (Å²) >= 11 is 0. The predicted octanol–water partition coefficient (Wildman–Crippen LogP) is 2.09. The van der Waals surface area contributed by atoms with Crippen molar-refractivity contribution in [2.45, 2.75) is 25.9 Å². The Hall–Kier alpha value is -1.31. The molecule has 1 aliphatic rings. The van der Waals surface area contributed by atoms with Gasteiger partial charge >= 0.3 is 0 Å². The lowest BCUT2D eigenvalue weighted by atomic mass is 9.91. The molecular formula is C16H22FNO4S. The van der Waals surface area contributed by atoms with Gasteiger partial charge in [-0.05, 0) is 44.0 Å². The lowest BCUT2D eigenvalue weighted by molar-refractivity contribution is 0.0871. The fourth-order valence-electron chi connectivity index (χ4n) is 2.73. The van der Waals surface area contributed by atoms with Gasteiger partial charge in [-0.2, -0.15) is 0 Å². The highest BCUT2D eigenvalue weighted by molar-refractivity contribution is 7.89. The molecule has 1 fully saturated rings. The molecule has 0 bridgehead atoms. The maximum atomic E-state index is 13.0. The third kappa shape index (κ3) is 4.59. The zero-order chi connectivity index (χ0) is 17.0. The first-order chi connectivity index (χ1) is 10.8. The molecule has 0 spiro atoms. The van der Waals surface area contributed by atoms with Crippen molar-refractivity contribution in [1.82, 2.24) is 4.31 Å². The van der Waals surface area contributed by atoms with E-state index in [0.717, 1.165) is 0 Å². The number of halogens is 1. The molecule has 1 aromatic carbocycles. The van der Waals surface area contributed by atoms with Crippen LogP contribution in [0, 0.1) is 11.7 Å². The second-order valence-corrected chi connectivity index (χ2v) is 7.91. The number of hydrogen-bond acceptors (Lipinski definition) is 4. The average Bonchev–Trinajstić information content (AvgIpc) is 2.54. The molecular weight excluding hydrogens is 321 g/mol. The Bertz CT molecular complexity index is 645. The van der Waals surface area contributed by atoms with Gasteiger partial charge in [-0.3, -0.25) is 4.79 Å². The molecule has 1 saturated heterocycles. The Kier molecular flexibility index (Phi) is 5.89. The fourth-order valence-corrected chi connectivity index (χ4v) is 4.48. The molecule has 7 heteroatoms. The molecule has 5 nitrogen and oxygen atoms in total. The SMILES string of the molecule is CO[C@H](C)CS(=O)(=O)N1CCC[C@@H](C(=O)c2ccc(F)cc2)C1. The quantitative estimate of drug-likeness (QED) is 0.742. The van der Waals surface area contributed by atoms with Crippen molar-refractivity contribution >= 4 is 15.8 Å². The van der Waals surface area contributed by atoms with E-state index in [-0.39, 0.29) is 24.0 Å². The van der Waals surface area contributed by atoms with Crippen molar-refractivity contribution in [3.63, 3.8) is 0 Å². The number of methoxy groups -OCH3 is 1. The van der Waals surface area contributed by atoms with Crippen molar-refractivity contribution < 1.29 is 22.3 Å². The van der Waals surface area contributed by atoms with Gasteiger partial charge in [0.2, 0.25) is 10.0 Å². The molecule has 0 radical (unpaired) electrons. The summed E-state index contributed by atoms with van der Waals surface area (Å²) in [6.07, 6.45) is 0.883. The second kappa shape index (κ2) is 7.51. The lowest BCUT2D eigenvalue weighted by Crippen LogP contribution is -2.44. The van der Waals surface area contributed by atoms with Crippen LogP contribution in [0.25, 0.3) is 0 Å². The molecule has 2 atom stereocenters. The Morgan fingerprint density at radius 3 is 2.65 bits per heavy atom. The first-order valence-corrected chi connectivity index (χ1v) is 9.25. The minimum absolute atomic E-state index is 0.0963. The zero-order valence-corrected chi connectivity index (χ0v) is 14.2. The van der Waals surface area contributed by atoms with Crippen LogP contribution in [-0.4, -0.2) is 50.6 Å². The van der Waals surface area contributed by atoms with Crippen LogP contribution in [-0.2, 0) is 14.8 Å². The molecule has 23 heavy (non-hydrogen) atoms. The van der Waals surface area contributed by atoms with Crippen molar-refractivity contribution in [3.8, 4) is 0 Å². The highest BCUT2D eigenvalue weighted by atomic mass is 32.2. The highest BCUT2D eigenvalue weighted by Gasteiger charge is 2.33. The molecule has 1 heterocycles. The van der Waals surface area contributed by atoms with E-state index in [4.69, 9.17) is 4.74 Å². The fraction of sp³-hybridized carbons (Fsp3) is 0.562. The maximum Gasteiger partial charge on any atom is 0.216 e. The standard InChI is InChI=1S/C16H22FNO4S/c1-12(22-2)11-23(20,21)18-9-3-4-14(10-18)16(19)13-5-7-15(17)8-6-13/h5-8,12,14H,3-4,9-11H2,1-2H3/t12-,14-/m1/s1. The van der Waals surface area contributed by atoms with E-state index < -0.39 is 21.9 Å². The number of benzene rings is 1. The molecule has 0 aliphatic carbocycles. The van der Waals surface area contributed by atoms with Crippen LogP contribution in [0.1, 0.15) is 30.1 Å². The smallest absolute Gasteiger partial charge is 0.216 e. The lowest BCUT2D eigenvalue weighted by Gasteiger charge is -2.31. The number of carbonyl (C=O) groups is 1. The molecule has 1 aliphatic heterocycles. The van der Waals surface area contributed by atoms with Gasteiger partial charge in [-0.25, -0.2) is 17.1 Å². The van der Waals surface area contributed by atoms with Crippen molar-refractivity contribution in [1.29, 1.82) is 0 Å². The summed E-state index contributed by atoms with van der Waals surface area (Å²) in [5.41, 5.74) is 0.418. The van der Waals surface area contributed by atoms with E-state index in [2.05, 4.69) is 0 Å². The van der Waals surface area contributed by atoms with Crippen LogP contribution < -0.4 is 0 Å². The van der Waals surface area contributed by atoms with Gasteiger partial charge in [0.05, 0.1) is 11.9 Å². The summed E-state index contributed by atoms with van der Waals surface area (Å²) in [6.45, 7) is 2.30. The van der Waals surface area contributed by atoms with E-state index in [1.807, 2.05) is 0 Å². The van der Waals surface area contributed by atoms with Crippen LogP contribution in [0.4, 0.5) is 4.39 Å². The summed E-state index contributed by atoms with van der Waals surface area (Å²) < 4.78 is 44.1. The summed E-state index contributed by atoms with van der Waals surface area (Å²) in [6, 6.07) is 5.37. The largest absolute Gasteiger partial charge is 0.381 e. The van der Waals surface area contributed by atoms with Crippen molar-refractivity contribution in [2.24, 2.45) is 5.92 Å². The molecule has 1 aromatic rings. The minimum Gasteiger partial charge on any atom is -0.381 e. The number of Topliss-reactive ketones (excluding diaryl/α,β-unsaturated/α-hetero) is 1. The van der Waals surface area contributed by atoms with Crippen LogP contribution >= 0.6 is 0 Å². The number of hydrogen-bond donors (Lipinski definition) is 0. The molecule has 0 unspecified atom stereocenters. The van der Waals surface area contributed by atoms with Gasteiger partial charge in [-0.1, -0.05) is 0 Å². The van der Waals surface area contributed by atoms with Gasteiger partial charge in [-0.15, -0.1) is 0 Å². The van der Waals surface area contributed by atoms with Crippen LogP contribution in [0.5, 0.6) is 0 Å². The van der Waals surface area contributed by atoms with Crippen molar-refractivity contribution in [3.05, 3.63) is 35.6 Å². The van der Waals surface area contributed by atoms with E-state index in [1.165, 1.54) is 35.7 Å². The zero-order valence-electron chi connectivity index (χ0n) is 13.4. The third-order valence-corrected chi connectivity index (χ3v) is 6.13. The highest BCUT2D eigenvalue weighted by Crippen LogP contribution is 2.23. The van der Waals surface area contributed by atoms with Crippen molar-refractivity contribution in [2.75, 3.05) is 26.0 Å². The van der Waals surface area contributed by atoms with Gasteiger partial charge in [0.15, 0.2) is 5.78 Å². The second-order valence-electron chi connectivity index (χ2n) is 5.89. The van der Waals surface area contributed by atoms with Crippen LogP contribution in [0.2, 0.25) is 0 Å². The Morgan fingerprint density at radius 2 is 2.04 bits per heavy atom. The van der Waals surface area contributed by atoms with Gasteiger partial charge in [0.1, 0.15) is 5.82 Å². The van der Waals surface area contributed by atoms with Gasteiger partial charge in [0.25, 0.3) is 0 Å². The van der Waals surface area contributed by atoms with Crippen LogP contribution in [0.3, 0.4) is 0 Å². The molecule has 0 amide bonds. The summed E-state index contributed by atoms with van der Waals surface area (Å²) in [5, 5.41) is 0. The number of sulfonamides is 1. The Labute approximate surface area is 136 Å². The number of nitrogens with zero attached hydrogens (tertiary/aromatic N) is 1. The normalized spacial score (nSPS) is 21.1. The Balaban J connectivity index is 2.08. The summed E-state index contributed by atoms with van der Waals surface area (Å²) in [4.78, 5) is 12.5. The monoisotopic (exact) mass is 343 g/mol. The van der Waals surface area contributed by atoms with E-state index in [9.17, 15) is 17.6 Å². The summed E-state index contributed by atoms with van der Waals surface area (Å²) in [5.74, 6) is -1.02. The van der Waals surface area contributed by atoms with Gasteiger partial charge in [0, 0.05) is 31.7 Å². The van der Waals surface area contributed by atoms with Gasteiger partial charge < -0.3 is 4.74 Å². The molecule has 0 saturated carbocycles. The first-order valence-electron chi connectivity index (χ1n) is 7.64. The number of piperidine rings is 1.